The first-order valence-corrected chi connectivity index (χ1v) is 21.6. The van der Waals surface area contributed by atoms with E-state index in [4.69, 9.17) is 15.2 Å². The number of pyridine rings is 2. The van der Waals surface area contributed by atoms with Crippen LogP contribution in [0.2, 0.25) is 0 Å². The Morgan fingerprint density at radius 2 is 1.13 bits per heavy atom. The lowest BCUT2D eigenvalue weighted by atomic mass is 10.1. The van der Waals surface area contributed by atoms with Crippen molar-refractivity contribution < 1.29 is 53.9 Å². The first-order valence-electron chi connectivity index (χ1n) is 18.7. The zero-order chi connectivity index (χ0) is 43.2. The zero-order valence-corrected chi connectivity index (χ0v) is 34.1. The predicted molar refractivity (Wildman–Crippen MR) is 210 cm³/mol. The number of halogens is 3. The van der Waals surface area contributed by atoms with Gasteiger partial charge in [-0.2, -0.15) is 13.0 Å². The molecule has 4 aliphatic heterocycles. The summed E-state index contributed by atoms with van der Waals surface area (Å²) in [5.74, 6) is 0.438. The third kappa shape index (κ3) is 9.22. The lowest BCUT2D eigenvalue weighted by Gasteiger charge is -2.32. The lowest BCUT2D eigenvalue weighted by molar-refractivity contribution is -0.384. The number of fused-ring (bicyclic) bond motifs is 2. The summed E-state index contributed by atoms with van der Waals surface area (Å²) < 4.78 is 113. The van der Waals surface area contributed by atoms with Gasteiger partial charge in [-0.3, -0.25) is 10.1 Å². The highest BCUT2D eigenvalue weighted by atomic mass is 32.2. The molecule has 4 aromatic rings. The molecule has 6 heterocycles. The van der Waals surface area contributed by atoms with Gasteiger partial charge in [0.15, 0.2) is 23.0 Å². The Kier molecular flexibility index (Phi) is 11.4. The SMILES string of the molecule is Cc1ccc(N)c(NC2CCN(S(=O)(=O)c3ccc4c(c3)OC(C)(F)O4)CC2)n1.Cc1ccc([N+](=O)[O-])c(NC2CCN(S(=O)(=O)c3ccc4c(c3)OC(F)(F)O4)CC2)n1. The summed E-state index contributed by atoms with van der Waals surface area (Å²) >= 11 is 0. The van der Waals surface area contributed by atoms with Gasteiger partial charge in [0.05, 0.1) is 20.4 Å². The molecule has 2 fully saturated rings. The summed E-state index contributed by atoms with van der Waals surface area (Å²) in [7, 11) is -7.67. The normalized spacial score (nSPS) is 20.6. The predicted octanol–water partition coefficient (Wildman–Crippen LogP) is 5.54. The summed E-state index contributed by atoms with van der Waals surface area (Å²) in [5, 5.41) is 17.5. The number of hydrogen-bond donors (Lipinski definition) is 3. The van der Waals surface area contributed by atoms with E-state index < -0.39 is 37.3 Å². The van der Waals surface area contributed by atoms with Crippen LogP contribution in [-0.4, -0.2) is 90.9 Å². The number of anilines is 3. The number of nitro groups is 1. The van der Waals surface area contributed by atoms with E-state index in [-0.39, 0.29) is 69.5 Å². The molecule has 0 aliphatic carbocycles. The maximum atomic E-state index is 13.8. The summed E-state index contributed by atoms with van der Waals surface area (Å²) in [6, 6.07) is 11.5. The Labute approximate surface area is 343 Å². The van der Waals surface area contributed by atoms with E-state index in [0.717, 1.165) is 24.8 Å². The van der Waals surface area contributed by atoms with E-state index in [1.165, 1.54) is 38.9 Å². The van der Waals surface area contributed by atoms with Crippen molar-refractivity contribution in [2.75, 3.05) is 42.5 Å². The quantitative estimate of drug-likeness (QED) is 0.139. The van der Waals surface area contributed by atoms with Crippen molar-refractivity contribution in [2.24, 2.45) is 0 Å². The van der Waals surface area contributed by atoms with Crippen molar-refractivity contribution in [3.8, 4) is 23.0 Å². The lowest BCUT2D eigenvalue weighted by Crippen LogP contribution is -2.42. The van der Waals surface area contributed by atoms with E-state index in [9.17, 15) is 40.1 Å². The molecule has 60 heavy (non-hydrogen) atoms. The Morgan fingerprint density at radius 3 is 1.67 bits per heavy atom. The average molecular weight is 879 g/mol. The highest BCUT2D eigenvalue weighted by molar-refractivity contribution is 7.89. The molecule has 1 atom stereocenters. The molecule has 0 amide bonds. The number of nitrogen functional groups attached to an aromatic ring is 1. The standard InChI is InChI=1S/C19H23FN4O4S.C18H18F2N4O6S/c1-12-3-5-15(21)18(22-12)23-13-7-9-24(10-8-13)29(25,26)14-4-6-16-17(11-14)28-19(2,20)27-16;1-11-2-4-14(24(25)26)17(21-11)22-12-6-8-23(9-7-12)31(27,28)13-3-5-15-16(10-13)30-18(19,20)29-15/h3-6,11,13H,7-10,21H2,1-2H3,(H,22,23);2-5,10,12H,6-9H2,1H3,(H,21,22). The molecule has 0 radical (unpaired) electrons. The maximum absolute atomic E-state index is 13.8. The maximum Gasteiger partial charge on any atom is 0.586 e. The van der Waals surface area contributed by atoms with Gasteiger partial charge < -0.3 is 35.3 Å². The summed E-state index contributed by atoms with van der Waals surface area (Å²) in [4.78, 5) is 19.1. The molecule has 4 aliphatic rings. The number of aryl methyl sites for hydroxylation is 2. The minimum atomic E-state index is -3.94. The number of benzene rings is 2. The highest BCUT2D eigenvalue weighted by Crippen LogP contribution is 2.43. The molecule has 2 aromatic heterocycles. The Morgan fingerprint density at radius 1 is 0.700 bits per heavy atom. The Balaban J connectivity index is 0.000000182. The van der Waals surface area contributed by atoms with Crippen LogP contribution < -0.4 is 35.3 Å². The minimum Gasteiger partial charge on any atom is -0.423 e. The second kappa shape index (κ2) is 16.1. The molecule has 0 spiro atoms. The van der Waals surface area contributed by atoms with E-state index in [0.29, 0.717) is 56.0 Å². The molecule has 2 aromatic carbocycles. The van der Waals surface area contributed by atoms with E-state index >= 15 is 0 Å². The molecule has 8 rings (SSSR count). The summed E-state index contributed by atoms with van der Waals surface area (Å²) in [5.41, 5.74) is 7.84. The highest BCUT2D eigenvalue weighted by Gasteiger charge is 2.44. The van der Waals surface area contributed by atoms with Crippen LogP contribution in [0.5, 0.6) is 23.0 Å². The van der Waals surface area contributed by atoms with Gasteiger partial charge in [-0.05, 0) is 82.0 Å². The molecule has 23 heteroatoms. The molecular formula is C37H41F3N8O10S2. The number of sulfonamides is 2. The number of hydrogen-bond acceptors (Lipinski definition) is 15. The smallest absolute Gasteiger partial charge is 0.423 e. The van der Waals surface area contributed by atoms with Crippen LogP contribution in [-0.2, 0) is 20.0 Å². The molecule has 0 bridgehead atoms. The first kappa shape index (κ1) is 42.5. The van der Waals surface area contributed by atoms with Gasteiger partial charge in [0, 0.05) is 74.8 Å². The number of piperidine rings is 2. The van der Waals surface area contributed by atoms with Crippen LogP contribution >= 0.6 is 0 Å². The van der Waals surface area contributed by atoms with Gasteiger partial charge in [0.1, 0.15) is 5.82 Å². The van der Waals surface area contributed by atoms with Gasteiger partial charge in [-0.1, -0.05) is 0 Å². The van der Waals surface area contributed by atoms with Crippen molar-refractivity contribution in [3.63, 3.8) is 0 Å². The van der Waals surface area contributed by atoms with Crippen molar-refractivity contribution in [3.05, 3.63) is 82.2 Å². The van der Waals surface area contributed by atoms with Crippen LogP contribution in [0.15, 0.2) is 70.5 Å². The van der Waals surface area contributed by atoms with Crippen LogP contribution in [0.3, 0.4) is 0 Å². The van der Waals surface area contributed by atoms with Crippen molar-refractivity contribution >= 4 is 43.1 Å². The van der Waals surface area contributed by atoms with Crippen LogP contribution in [0, 0.1) is 24.0 Å². The molecule has 4 N–H and O–H groups in total. The number of alkyl halides is 3. The number of rotatable bonds is 9. The Bertz CT molecular complexity index is 2520. The van der Waals surface area contributed by atoms with Gasteiger partial charge in [-0.25, -0.2) is 26.8 Å². The first-order chi connectivity index (χ1) is 28.2. The van der Waals surface area contributed by atoms with E-state index in [1.807, 2.05) is 13.0 Å². The van der Waals surface area contributed by atoms with Gasteiger partial charge in [0.2, 0.25) is 25.9 Å². The number of aromatic nitrogens is 2. The fourth-order valence-electron chi connectivity index (χ4n) is 6.97. The molecule has 0 saturated carbocycles. The Hall–Kier alpha value is -5.65. The molecule has 1 unspecified atom stereocenters. The topological polar surface area (TPSA) is 231 Å². The second-order valence-electron chi connectivity index (χ2n) is 14.5. The average Bonchev–Trinajstić information content (AvgIpc) is 3.68. The monoisotopic (exact) mass is 878 g/mol. The summed E-state index contributed by atoms with van der Waals surface area (Å²) in [6.45, 7) is 5.70. The van der Waals surface area contributed by atoms with Gasteiger partial charge in [0.25, 0.3) is 0 Å². The van der Waals surface area contributed by atoms with Crippen LogP contribution in [0.25, 0.3) is 0 Å². The third-order valence-electron chi connectivity index (χ3n) is 10.0. The fourth-order valence-corrected chi connectivity index (χ4v) is 9.94. The number of nitrogens with two attached hydrogens (primary N) is 1. The molecule has 2 saturated heterocycles. The van der Waals surface area contributed by atoms with Crippen LogP contribution in [0.1, 0.15) is 44.0 Å². The minimum absolute atomic E-state index is 0.0496. The van der Waals surface area contributed by atoms with Gasteiger partial charge in [-0.15, -0.1) is 8.78 Å². The number of nitrogens with one attached hydrogen (secondary N) is 2. The number of nitrogens with zero attached hydrogens (tertiary/aromatic N) is 5. The van der Waals surface area contributed by atoms with Crippen molar-refractivity contribution in [2.45, 2.75) is 80.7 Å². The van der Waals surface area contributed by atoms with E-state index in [2.05, 4.69) is 30.1 Å². The molecular weight excluding hydrogens is 838 g/mol. The summed E-state index contributed by atoms with van der Waals surface area (Å²) in [6.07, 6.45) is -1.84. The van der Waals surface area contributed by atoms with Gasteiger partial charge >= 0.3 is 18.0 Å². The fraction of sp³-hybridized carbons (Fsp3) is 0.405. The molecule has 18 nitrogen and oxygen atoms in total. The van der Waals surface area contributed by atoms with E-state index in [1.54, 1.807) is 19.1 Å². The zero-order valence-electron chi connectivity index (χ0n) is 32.4. The second-order valence-corrected chi connectivity index (χ2v) is 18.4. The van der Waals surface area contributed by atoms with Crippen LogP contribution in [0.4, 0.5) is 36.2 Å². The van der Waals surface area contributed by atoms with Crippen molar-refractivity contribution in [1.29, 1.82) is 0 Å². The van der Waals surface area contributed by atoms with Crippen molar-refractivity contribution in [1.82, 2.24) is 18.6 Å². The molecule has 322 valence electrons. The number of ether oxygens (including phenoxy) is 4. The third-order valence-corrected chi connectivity index (χ3v) is 13.8. The largest absolute Gasteiger partial charge is 0.586 e.